The minimum Gasteiger partial charge on any atom is -0.276 e. The zero-order valence-electron chi connectivity index (χ0n) is 8.58. The molecule has 0 radical (unpaired) electrons. The lowest BCUT2D eigenvalue weighted by Crippen LogP contribution is -2.17. The third-order valence-electron chi connectivity index (χ3n) is 1.98. The fourth-order valence-electron chi connectivity index (χ4n) is 1.20. The fourth-order valence-corrected chi connectivity index (χ4v) is 1.28. The van der Waals surface area contributed by atoms with E-state index >= 15 is 0 Å². The summed E-state index contributed by atoms with van der Waals surface area (Å²) in [6, 6.07) is 4.56. The van der Waals surface area contributed by atoms with Crippen molar-refractivity contribution >= 4 is 17.3 Å². The van der Waals surface area contributed by atoms with Gasteiger partial charge in [-0.2, -0.15) is 18.4 Å². The van der Waals surface area contributed by atoms with Gasteiger partial charge in [0.2, 0.25) is 0 Å². The van der Waals surface area contributed by atoms with Gasteiger partial charge in [-0.15, -0.1) is 0 Å². The Labute approximate surface area is 102 Å². The van der Waals surface area contributed by atoms with Crippen LogP contribution in [0.5, 0.6) is 0 Å². The van der Waals surface area contributed by atoms with Crippen LogP contribution in [0.25, 0.3) is 0 Å². The van der Waals surface area contributed by atoms with E-state index < -0.39 is 11.7 Å². The zero-order valence-corrected chi connectivity index (χ0v) is 9.33. The lowest BCUT2D eigenvalue weighted by Gasteiger charge is -2.15. The Balaban J connectivity index is 3.02. The smallest absolute Gasteiger partial charge is 0.276 e. The molecule has 6 heteroatoms. The van der Waals surface area contributed by atoms with Crippen molar-refractivity contribution in [1.29, 1.82) is 5.26 Å². The average Bonchev–Trinajstić information content (AvgIpc) is 2.29. The summed E-state index contributed by atoms with van der Waals surface area (Å²) in [6.45, 7) is 0.126. The summed E-state index contributed by atoms with van der Waals surface area (Å²) in [5.74, 6) is 0. The summed E-state index contributed by atoms with van der Waals surface area (Å²) < 4.78 is 37.4. The van der Waals surface area contributed by atoms with Crippen LogP contribution in [0.3, 0.4) is 0 Å². The molecule has 0 spiro atoms. The number of hydrogen-bond acceptors (Lipinski definition) is 2. The molecule has 1 rings (SSSR count). The van der Waals surface area contributed by atoms with Crippen molar-refractivity contribution in [2.24, 2.45) is 0 Å². The molecule has 0 aliphatic carbocycles. The summed E-state index contributed by atoms with van der Waals surface area (Å²) in [7, 11) is 0. The highest BCUT2D eigenvalue weighted by Gasteiger charge is 2.30. The molecule has 0 unspecified atom stereocenters. The quantitative estimate of drug-likeness (QED) is 0.611. The van der Waals surface area contributed by atoms with Crippen LogP contribution in [0.1, 0.15) is 5.56 Å². The van der Waals surface area contributed by atoms with Crippen molar-refractivity contribution < 1.29 is 13.2 Å². The molecule has 17 heavy (non-hydrogen) atoms. The Kier molecular flexibility index (Phi) is 4.41. The molecule has 0 amide bonds. The highest BCUT2D eigenvalue weighted by Crippen LogP contribution is 2.31. The largest absolute Gasteiger partial charge is 0.416 e. The first-order chi connectivity index (χ1) is 7.99. The topological polar surface area (TPSA) is 27.0 Å². The first kappa shape index (κ1) is 13.4. The SMILES string of the molecule is N#CN(CC=CCl)c1cccc(C(F)(F)F)c1. The van der Waals surface area contributed by atoms with E-state index in [1.54, 1.807) is 6.19 Å². The van der Waals surface area contributed by atoms with E-state index in [1.807, 2.05) is 0 Å². The van der Waals surface area contributed by atoms with Crippen LogP contribution >= 0.6 is 11.6 Å². The normalized spacial score (nSPS) is 11.5. The molecule has 0 heterocycles. The van der Waals surface area contributed by atoms with Crippen LogP contribution in [-0.2, 0) is 6.18 Å². The minimum atomic E-state index is -4.42. The van der Waals surface area contributed by atoms with E-state index in [-0.39, 0.29) is 12.2 Å². The number of anilines is 1. The molecular formula is C11H8ClF3N2. The molecular weight excluding hydrogens is 253 g/mol. The molecule has 0 saturated heterocycles. The molecule has 90 valence electrons. The lowest BCUT2D eigenvalue weighted by atomic mass is 10.2. The number of nitrogens with zero attached hydrogens (tertiary/aromatic N) is 2. The van der Waals surface area contributed by atoms with Gasteiger partial charge in [-0.25, -0.2) is 0 Å². The molecule has 0 bridgehead atoms. The van der Waals surface area contributed by atoms with Crippen LogP contribution in [0.4, 0.5) is 18.9 Å². The Morgan fingerprint density at radius 2 is 2.12 bits per heavy atom. The van der Waals surface area contributed by atoms with E-state index in [2.05, 4.69) is 0 Å². The molecule has 0 aliphatic rings. The number of nitriles is 1. The number of alkyl halides is 3. The maximum Gasteiger partial charge on any atom is 0.416 e. The highest BCUT2D eigenvalue weighted by molar-refractivity contribution is 6.25. The van der Waals surface area contributed by atoms with E-state index in [9.17, 15) is 13.2 Å². The van der Waals surface area contributed by atoms with Gasteiger partial charge in [0.1, 0.15) is 0 Å². The van der Waals surface area contributed by atoms with Crippen LogP contribution in [0.15, 0.2) is 35.9 Å². The molecule has 0 aromatic heterocycles. The lowest BCUT2D eigenvalue weighted by molar-refractivity contribution is -0.137. The van der Waals surface area contributed by atoms with Gasteiger partial charge in [-0.3, -0.25) is 4.90 Å². The van der Waals surface area contributed by atoms with E-state index in [0.717, 1.165) is 17.0 Å². The molecule has 2 nitrogen and oxygen atoms in total. The second kappa shape index (κ2) is 5.60. The molecule has 0 aliphatic heterocycles. The van der Waals surface area contributed by atoms with Gasteiger partial charge >= 0.3 is 6.18 Å². The van der Waals surface area contributed by atoms with Gasteiger partial charge in [0.05, 0.1) is 17.8 Å². The predicted octanol–water partition coefficient (Wildman–Crippen LogP) is 3.75. The Morgan fingerprint density at radius 3 is 2.65 bits per heavy atom. The van der Waals surface area contributed by atoms with Crippen LogP contribution < -0.4 is 4.90 Å². The van der Waals surface area contributed by atoms with Crippen molar-refractivity contribution in [1.82, 2.24) is 0 Å². The zero-order chi connectivity index (χ0) is 12.9. The van der Waals surface area contributed by atoms with Crippen molar-refractivity contribution in [3.8, 4) is 6.19 Å². The van der Waals surface area contributed by atoms with Crippen molar-refractivity contribution in [3.63, 3.8) is 0 Å². The molecule has 0 saturated carbocycles. The summed E-state index contributed by atoms with van der Waals surface area (Å²) in [4.78, 5) is 1.11. The first-order valence-electron chi connectivity index (χ1n) is 4.59. The van der Waals surface area contributed by atoms with Gasteiger partial charge in [-0.05, 0) is 18.2 Å². The first-order valence-corrected chi connectivity index (χ1v) is 5.02. The van der Waals surface area contributed by atoms with E-state index in [4.69, 9.17) is 16.9 Å². The Hall–Kier alpha value is -1.67. The van der Waals surface area contributed by atoms with Gasteiger partial charge in [0.25, 0.3) is 0 Å². The highest BCUT2D eigenvalue weighted by atomic mass is 35.5. The molecule has 1 aromatic carbocycles. The van der Waals surface area contributed by atoms with Crippen molar-refractivity contribution in [2.45, 2.75) is 6.18 Å². The summed E-state index contributed by atoms with van der Waals surface area (Å²) in [6.07, 6.45) is -1.17. The van der Waals surface area contributed by atoms with E-state index in [0.29, 0.717) is 0 Å². The molecule has 0 atom stereocenters. The maximum atomic E-state index is 12.5. The van der Waals surface area contributed by atoms with Crippen molar-refractivity contribution in [3.05, 3.63) is 41.4 Å². The monoisotopic (exact) mass is 260 g/mol. The third-order valence-corrected chi connectivity index (χ3v) is 2.16. The number of rotatable bonds is 3. The second-order valence-electron chi connectivity index (χ2n) is 3.12. The summed E-state index contributed by atoms with van der Waals surface area (Å²) in [5.41, 5.74) is 0.597. The molecule has 0 fully saturated rings. The Bertz CT molecular complexity index is 449. The van der Waals surface area contributed by atoms with Crippen LogP contribution in [-0.4, -0.2) is 6.54 Å². The van der Waals surface area contributed by atoms with E-state index in [1.165, 1.54) is 23.7 Å². The predicted molar refractivity (Wildman–Crippen MR) is 59.4 cm³/mol. The summed E-state index contributed by atoms with van der Waals surface area (Å²) >= 11 is 5.30. The van der Waals surface area contributed by atoms with Gasteiger partial charge in [0, 0.05) is 5.54 Å². The third kappa shape index (κ3) is 3.68. The van der Waals surface area contributed by atoms with Gasteiger partial charge < -0.3 is 0 Å². The average molecular weight is 261 g/mol. The molecule has 0 N–H and O–H groups in total. The number of benzene rings is 1. The second-order valence-corrected chi connectivity index (χ2v) is 3.37. The standard InChI is InChI=1S/C11H8ClF3N2/c12-5-2-6-17(8-16)10-4-1-3-9(7-10)11(13,14)15/h1-5,7H,6H2. The number of hydrogen-bond donors (Lipinski definition) is 0. The van der Waals surface area contributed by atoms with Gasteiger partial charge in [-0.1, -0.05) is 23.7 Å². The van der Waals surface area contributed by atoms with Crippen molar-refractivity contribution in [2.75, 3.05) is 11.4 Å². The molecule has 1 aromatic rings. The van der Waals surface area contributed by atoms with Crippen LogP contribution in [0, 0.1) is 11.5 Å². The fraction of sp³-hybridized carbons (Fsp3) is 0.182. The number of halogens is 4. The maximum absolute atomic E-state index is 12.5. The van der Waals surface area contributed by atoms with Crippen LogP contribution in [0.2, 0.25) is 0 Å². The minimum absolute atomic E-state index is 0.126. The van der Waals surface area contributed by atoms with Gasteiger partial charge in [0.15, 0.2) is 6.19 Å². The Morgan fingerprint density at radius 1 is 1.41 bits per heavy atom. The summed E-state index contributed by atoms with van der Waals surface area (Å²) in [5, 5.41) is 8.82.